The highest BCUT2D eigenvalue weighted by atomic mass is 79.9. The minimum absolute atomic E-state index is 0.366. The number of aromatic nitrogens is 2. The second-order valence-corrected chi connectivity index (χ2v) is 4.90. The first-order valence-corrected chi connectivity index (χ1v) is 6.25. The van der Waals surface area contributed by atoms with Crippen LogP contribution in [-0.4, -0.2) is 9.97 Å². The Morgan fingerprint density at radius 2 is 1.71 bits per heavy atom. The number of benzene rings is 1. The molecule has 17 heavy (non-hydrogen) atoms. The maximum Gasteiger partial charge on any atom is 0.171 e. The summed E-state index contributed by atoms with van der Waals surface area (Å²) in [6.07, 6.45) is 3.17. The zero-order valence-corrected chi connectivity index (χ0v) is 11.8. The van der Waals surface area contributed by atoms with E-state index in [4.69, 9.17) is 11.6 Å². The lowest BCUT2D eigenvalue weighted by Crippen LogP contribution is -1.97. The number of aryl methyl sites for hydroxylation is 2. The first-order chi connectivity index (χ1) is 8.08. The van der Waals surface area contributed by atoms with Gasteiger partial charge in [0.1, 0.15) is 0 Å². The topological polar surface area (TPSA) is 37.8 Å². The molecule has 0 bridgehead atoms. The summed E-state index contributed by atoms with van der Waals surface area (Å²) in [6, 6.07) is 4.06. The van der Waals surface area contributed by atoms with Gasteiger partial charge in [0.25, 0.3) is 0 Å². The summed E-state index contributed by atoms with van der Waals surface area (Å²) in [5.74, 6) is 0.565. The van der Waals surface area contributed by atoms with Crippen molar-refractivity contribution in [3.63, 3.8) is 0 Å². The summed E-state index contributed by atoms with van der Waals surface area (Å²) in [4.78, 5) is 8.11. The van der Waals surface area contributed by atoms with E-state index >= 15 is 0 Å². The molecule has 0 aliphatic heterocycles. The highest BCUT2D eigenvalue weighted by Crippen LogP contribution is 2.27. The van der Waals surface area contributed by atoms with Crippen molar-refractivity contribution >= 4 is 39.0 Å². The van der Waals surface area contributed by atoms with Crippen LogP contribution in [0.4, 0.5) is 11.5 Å². The van der Waals surface area contributed by atoms with Crippen molar-refractivity contribution in [1.29, 1.82) is 0 Å². The highest BCUT2D eigenvalue weighted by molar-refractivity contribution is 9.10. The molecule has 0 aliphatic carbocycles. The van der Waals surface area contributed by atoms with Gasteiger partial charge in [0.15, 0.2) is 11.0 Å². The highest BCUT2D eigenvalue weighted by Gasteiger charge is 2.05. The molecule has 0 saturated heterocycles. The lowest BCUT2D eigenvalue weighted by molar-refractivity contribution is 1.19. The van der Waals surface area contributed by atoms with Gasteiger partial charge in [-0.05, 0) is 37.1 Å². The zero-order chi connectivity index (χ0) is 12.4. The molecule has 0 amide bonds. The fourth-order valence-corrected chi connectivity index (χ4v) is 1.94. The first kappa shape index (κ1) is 12.3. The average molecular weight is 313 g/mol. The smallest absolute Gasteiger partial charge is 0.171 e. The van der Waals surface area contributed by atoms with Crippen molar-refractivity contribution in [2.24, 2.45) is 0 Å². The quantitative estimate of drug-likeness (QED) is 0.900. The summed E-state index contributed by atoms with van der Waals surface area (Å²) in [5, 5.41) is 3.52. The molecule has 3 nitrogen and oxygen atoms in total. The van der Waals surface area contributed by atoms with Crippen LogP contribution in [0.25, 0.3) is 0 Å². The van der Waals surface area contributed by atoms with Crippen molar-refractivity contribution < 1.29 is 0 Å². The van der Waals surface area contributed by atoms with Crippen LogP contribution in [-0.2, 0) is 0 Å². The minimum atomic E-state index is 0.366. The molecule has 0 aliphatic rings. The van der Waals surface area contributed by atoms with Crippen LogP contribution in [0.15, 0.2) is 29.0 Å². The van der Waals surface area contributed by atoms with Gasteiger partial charge < -0.3 is 5.32 Å². The minimum Gasteiger partial charge on any atom is -0.338 e. The van der Waals surface area contributed by atoms with Crippen LogP contribution in [0.3, 0.4) is 0 Å². The summed E-state index contributed by atoms with van der Waals surface area (Å²) < 4.78 is 1.12. The predicted octanol–water partition coefficient (Wildman–Crippen LogP) is 4.25. The van der Waals surface area contributed by atoms with Crippen LogP contribution in [0.1, 0.15) is 11.1 Å². The van der Waals surface area contributed by atoms with E-state index < -0.39 is 0 Å². The van der Waals surface area contributed by atoms with Crippen molar-refractivity contribution in [2.45, 2.75) is 13.8 Å². The maximum atomic E-state index is 5.94. The normalized spacial score (nSPS) is 10.4. The van der Waals surface area contributed by atoms with Crippen LogP contribution in [0.2, 0.25) is 5.15 Å². The Morgan fingerprint density at radius 3 is 2.29 bits per heavy atom. The van der Waals surface area contributed by atoms with E-state index in [1.165, 1.54) is 0 Å². The molecule has 0 radical (unpaired) electrons. The number of rotatable bonds is 2. The van der Waals surface area contributed by atoms with E-state index in [2.05, 4.69) is 31.2 Å². The molecule has 5 heteroatoms. The number of nitrogens with one attached hydrogen (secondary N) is 1. The van der Waals surface area contributed by atoms with Gasteiger partial charge in [-0.2, -0.15) is 0 Å². The maximum absolute atomic E-state index is 5.94. The van der Waals surface area contributed by atoms with Gasteiger partial charge in [-0.3, -0.25) is 0 Å². The van der Waals surface area contributed by atoms with Gasteiger partial charge in [0.2, 0.25) is 0 Å². The molecule has 1 heterocycles. The van der Waals surface area contributed by atoms with E-state index in [9.17, 15) is 0 Å². The van der Waals surface area contributed by atoms with E-state index in [-0.39, 0.29) is 0 Å². The van der Waals surface area contributed by atoms with E-state index in [0.29, 0.717) is 11.0 Å². The van der Waals surface area contributed by atoms with Crippen LogP contribution >= 0.6 is 27.5 Å². The summed E-state index contributed by atoms with van der Waals surface area (Å²) in [6.45, 7) is 4.08. The van der Waals surface area contributed by atoms with E-state index in [0.717, 1.165) is 21.3 Å². The third-order valence-corrected chi connectivity index (χ3v) is 3.88. The molecule has 88 valence electrons. The largest absolute Gasteiger partial charge is 0.338 e. The Morgan fingerprint density at radius 1 is 1.12 bits per heavy atom. The first-order valence-electron chi connectivity index (χ1n) is 5.08. The molecule has 0 unspecified atom stereocenters. The van der Waals surface area contributed by atoms with Crippen molar-refractivity contribution in [1.82, 2.24) is 9.97 Å². The number of halogens is 2. The van der Waals surface area contributed by atoms with Crippen molar-refractivity contribution in [3.05, 3.63) is 45.3 Å². The lowest BCUT2D eigenvalue weighted by atomic mass is 10.1. The Labute approximate surface area is 113 Å². The van der Waals surface area contributed by atoms with Gasteiger partial charge in [-0.1, -0.05) is 27.5 Å². The molecule has 2 aromatic rings. The molecule has 0 spiro atoms. The molecule has 1 N–H and O–H groups in total. The van der Waals surface area contributed by atoms with Gasteiger partial charge in [-0.25, -0.2) is 9.97 Å². The second kappa shape index (κ2) is 5.02. The van der Waals surface area contributed by atoms with E-state index in [1.54, 1.807) is 12.4 Å². The summed E-state index contributed by atoms with van der Waals surface area (Å²) >= 11 is 9.47. The van der Waals surface area contributed by atoms with Gasteiger partial charge >= 0.3 is 0 Å². The van der Waals surface area contributed by atoms with E-state index in [1.807, 2.05) is 26.0 Å². The second-order valence-electron chi connectivity index (χ2n) is 3.74. The third kappa shape index (κ3) is 2.76. The number of hydrogen-bond donors (Lipinski definition) is 1. The molecule has 1 aromatic carbocycles. The molecular formula is C12H11BrClN3. The number of nitrogens with zero attached hydrogens (tertiary/aromatic N) is 2. The molecule has 0 fully saturated rings. The Balaban J connectivity index is 2.34. The van der Waals surface area contributed by atoms with Crippen molar-refractivity contribution in [3.8, 4) is 0 Å². The molecule has 0 atom stereocenters. The number of anilines is 2. The Kier molecular flexibility index (Phi) is 3.64. The van der Waals surface area contributed by atoms with Gasteiger partial charge in [-0.15, -0.1) is 0 Å². The predicted molar refractivity (Wildman–Crippen MR) is 73.9 cm³/mol. The molecule has 2 rings (SSSR count). The lowest BCUT2D eigenvalue weighted by Gasteiger charge is -2.10. The summed E-state index contributed by atoms with van der Waals surface area (Å²) in [5.41, 5.74) is 3.27. The average Bonchev–Trinajstić information content (AvgIpc) is 2.29. The molecule has 1 aromatic heterocycles. The van der Waals surface area contributed by atoms with Crippen molar-refractivity contribution in [2.75, 3.05) is 5.32 Å². The zero-order valence-electron chi connectivity index (χ0n) is 9.46. The number of hydrogen-bond acceptors (Lipinski definition) is 3. The van der Waals surface area contributed by atoms with Crippen LogP contribution in [0, 0.1) is 13.8 Å². The fraction of sp³-hybridized carbons (Fsp3) is 0.167. The summed E-state index contributed by atoms with van der Waals surface area (Å²) in [7, 11) is 0. The standard InChI is InChI=1S/C12H11BrClN3/c1-7-5-9(6-8(2)10(7)13)17-12-11(14)15-3-4-16-12/h3-6H,1-2H3,(H,16,17). The molecular weight excluding hydrogens is 302 g/mol. The van der Waals surface area contributed by atoms with Crippen LogP contribution in [0.5, 0.6) is 0 Å². The SMILES string of the molecule is Cc1cc(Nc2nccnc2Cl)cc(C)c1Br. The van der Waals surface area contributed by atoms with Gasteiger partial charge in [0.05, 0.1) is 0 Å². The molecule has 0 saturated carbocycles. The fourth-order valence-electron chi connectivity index (χ4n) is 1.56. The van der Waals surface area contributed by atoms with Gasteiger partial charge in [0, 0.05) is 22.6 Å². The Bertz CT molecular complexity index is 534. The van der Waals surface area contributed by atoms with Crippen LogP contribution < -0.4 is 5.32 Å². The Hall–Kier alpha value is -1.13. The third-order valence-electron chi connectivity index (χ3n) is 2.35. The monoisotopic (exact) mass is 311 g/mol.